The molecular formula is C18H17FNO5P. The van der Waals surface area contributed by atoms with Crippen LogP contribution in [0.3, 0.4) is 0 Å². The van der Waals surface area contributed by atoms with Gasteiger partial charge in [0.05, 0.1) is 6.61 Å². The van der Waals surface area contributed by atoms with Crippen molar-refractivity contribution in [3.63, 3.8) is 0 Å². The maximum atomic E-state index is 14.0. The van der Waals surface area contributed by atoms with Gasteiger partial charge in [-0.3, -0.25) is 4.79 Å². The minimum Gasteiger partial charge on any atom is -0.480 e. The van der Waals surface area contributed by atoms with Crippen molar-refractivity contribution in [1.82, 2.24) is 5.09 Å². The summed E-state index contributed by atoms with van der Waals surface area (Å²) in [4.78, 5) is 22.7. The Hall–Kier alpha value is -2.34. The molecule has 0 amide bonds. The lowest BCUT2D eigenvalue weighted by Gasteiger charge is -2.17. The van der Waals surface area contributed by atoms with E-state index in [1.807, 2.05) is 53.6 Å². The zero-order valence-electron chi connectivity index (χ0n) is 13.6. The number of aliphatic hydroxyl groups is 1. The van der Waals surface area contributed by atoms with Gasteiger partial charge in [-0.1, -0.05) is 48.5 Å². The van der Waals surface area contributed by atoms with Gasteiger partial charge in [0.25, 0.3) is 8.38 Å². The molecule has 3 N–H and O–H groups in total. The number of carboxylic acids is 1. The number of halogens is 1. The molecule has 0 radical (unpaired) electrons. The molecule has 8 heteroatoms. The van der Waals surface area contributed by atoms with Crippen LogP contribution in [0.25, 0.3) is 11.1 Å². The van der Waals surface area contributed by atoms with E-state index < -0.39 is 32.7 Å². The number of rotatable bonds is 7. The van der Waals surface area contributed by atoms with Crippen LogP contribution in [0.5, 0.6) is 0 Å². The van der Waals surface area contributed by atoms with Crippen molar-refractivity contribution in [3.05, 3.63) is 59.7 Å². The summed E-state index contributed by atoms with van der Waals surface area (Å²) in [5.74, 6) is -1.65. The van der Waals surface area contributed by atoms with Crippen molar-refractivity contribution >= 4 is 20.1 Å². The molecule has 1 unspecified atom stereocenters. The summed E-state index contributed by atoms with van der Waals surface area (Å²) in [5, 5.41) is 19.6. The van der Waals surface area contributed by atoms with Gasteiger partial charge in [0.1, 0.15) is 12.6 Å². The maximum absolute atomic E-state index is 14.0. The van der Waals surface area contributed by atoms with Gasteiger partial charge in [-0.25, -0.2) is 9.88 Å². The summed E-state index contributed by atoms with van der Waals surface area (Å²) in [7, 11) is -3.03. The molecular weight excluding hydrogens is 360 g/mol. The fourth-order valence-corrected chi connectivity index (χ4v) is 3.77. The van der Waals surface area contributed by atoms with Crippen LogP contribution in [0.15, 0.2) is 48.5 Å². The molecule has 0 aromatic heterocycles. The molecule has 1 aliphatic carbocycles. The number of hydrogen-bond donors (Lipinski definition) is 3. The number of fused-ring (bicyclic) bond motifs is 3. The summed E-state index contributed by atoms with van der Waals surface area (Å²) in [6, 6.07) is 13.9. The zero-order chi connectivity index (χ0) is 18.7. The highest BCUT2D eigenvalue weighted by Gasteiger charge is 2.32. The van der Waals surface area contributed by atoms with E-state index in [1.54, 1.807) is 0 Å². The van der Waals surface area contributed by atoms with Gasteiger partial charge in [-0.2, -0.15) is 4.20 Å². The van der Waals surface area contributed by atoms with Crippen LogP contribution >= 0.6 is 8.38 Å². The molecule has 1 aliphatic rings. The number of carbonyl (C=O) groups excluding carboxylic acids is 1. The van der Waals surface area contributed by atoms with Gasteiger partial charge >= 0.3 is 11.7 Å². The molecule has 0 spiro atoms. The van der Waals surface area contributed by atoms with Crippen molar-refractivity contribution in [2.75, 3.05) is 13.2 Å². The Labute approximate surface area is 150 Å². The third kappa shape index (κ3) is 3.60. The van der Waals surface area contributed by atoms with E-state index in [9.17, 15) is 13.8 Å². The Morgan fingerprint density at radius 2 is 1.65 bits per heavy atom. The van der Waals surface area contributed by atoms with Gasteiger partial charge in [-0.15, -0.1) is 0 Å². The normalized spacial score (nSPS) is 15.0. The van der Waals surface area contributed by atoms with E-state index in [1.165, 1.54) is 0 Å². The summed E-state index contributed by atoms with van der Waals surface area (Å²) < 4.78 is 19.1. The molecule has 6 nitrogen and oxygen atoms in total. The number of aliphatic hydroxyl groups excluding tert-OH is 1. The maximum Gasteiger partial charge on any atom is 0.376 e. The molecule has 0 saturated carbocycles. The van der Waals surface area contributed by atoms with Crippen LogP contribution < -0.4 is 5.09 Å². The largest absolute Gasteiger partial charge is 0.480 e. The second-order valence-electron chi connectivity index (χ2n) is 5.79. The highest BCUT2D eigenvalue weighted by Crippen LogP contribution is 2.45. The number of nitrogens with one attached hydrogen (secondary N) is 1. The summed E-state index contributed by atoms with van der Waals surface area (Å²) >= 11 is 0. The highest BCUT2D eigenvalue weighted by molar-refractivity contribution is 7.67. The van der Waals surface area contributed by atoms with Crippen molar-refractivity contribution in [2.45, 2.75) is 12.0 Å². The Morgan fingerprint density at radius 1 is 1.12 bits per heavy atom. The lowest BCUT2D eigenvalue weighted by molar-refractivity contribution is -0.139. The molecule has 2 aromatic carbocycles. The minimum absolute atomic E-state index is 0.0475. The standard InChI is InChI=1S/C18H17FNO5P/c19-26(20-16(9-21)17(22)23)18(24)25-10-15-13-7-3-1-5-11(13)12-6-2-4-8-14(12)15/h1-8,15-16,20-21H,9-10H2,(H,22,23)/t16-,26?/m0/s1. The average Bonchev–Trinajstić information content (AvgIpc) is 2.97. The monoisotopic (exact) mass is 377 g/mol. The van der Waals surface area contributed by atoms with Crippen LogP contribution in [0.2, 0.25) is 0 Å². The molecule has 0 fully saturated rings. The first kappa shape index (κ1) is 18.5. The zero-order valence-corrected chi connectivity index (χ0v) is 14.5. The van der Waals surface area contributed by atoms with Crippen molar-refractivity contribution in [2.24, 2.45) is 0 Å². The van der Waals surface area contributed by atoms with Gasteiger partial charge in [0.15, 0.2) is 0 Å². The summed E-state index contributed by atoms with van der Waals surface area (Å²) in [6.07, 6.45) is 0. The molecule has 2 aromatic rings. The van der Waals surface area contributed by atoms with E-state index in [0.717, 1.165) is 22.3 Å². The first-order valence-corrected chi connectivity index (χ1v) is 9.17. The Morgan fingerprint density at radius 3 is 2.15 bits per heavy atom. The number of carbonyl (C=O) groups is 2. The van der Waals surface area contributed by atoms with Crippen molar-refractivity contribution in [1.29, 1.82) is 0 Å². The van der Waals surface area contributed by atoms with E-state index in [4.69, 9.17) is 14.9 Å². The number of hydrogen-bond acceptors (Lipinski definition) is 5. The van der Waals surface area contributed by atoms with Gasteiger partial charge in [-0.05, 0) is 22.3 Å². The van der Waals surface area contributed by atoms with Crippen LogP contribution in [0.1, 0.15) is 17.0 Å². The third-order valence-electron chi connectivity index (χ3n) is 4.25. The van der Waals surface area contributed by atoms with Gasteiger partial charge in [0, 0.05) is 5.92 Å². The minimum atomic E-state index is -3.03. The van der Waals surface area contributed by atoms with Gasteiger partial charge in [0.2, 0.25) is 0 Å². The van der Waals surface area contributed by atoms with Crippen LogP contribution in [0.4, 0.5) is 8.99 Å². The van der Waals surface area contributed by atoms with Crippen LogP contribution in [-0.2, 0) is 9.53 Å². The first-order valence-electron chi connectivity index (χ1n) is 7.93. The fraction of sp³-hybridized carbons (Fsp3) is 0.222. The summed E-state index contributed by atoms with van der Waals surface area (Å²) in [5.41, 5.74) is 2.95. The third-order valence-corrected chi connectivity index (χ3v) is 5.23. The lowest BCUT2D eigenvalue weighted by Crippen LogP contribution is -2.37. The second kappa shape index (κ2) is 7.91. The topological polar surface area (TPSA) is 95.9 Å². The second-order valence-corrected chi connectivity index (χ2v) is 6.97. The van der Waals surface area contributed by atoms with E-state index in [2.05, 4.69) is 0 Å². The SMILES string of the molecule is O=C(O)[C@H](CO)NP(F)C(=O)OCC1c2ccccc2-c2ccccc21. The number of aliphatic carboxylic acids is 1. The van der Waals surface area contributed by atoms with Gasteiger partial charge < -0.3 is 14.9 Å². The molecule has 0 aliphatic heterocycles. The van der Waals surface area contributed by atoms with E-state index in [0.29, 0.717) is 0 Å². The molecule has 2 atom stereocenters. The molecule has 3 rings (SSSR count). The lowest BCUT2D eigenvalue weighted by atomic mass is 9.98. The smallest absolute Gasteiger partial charge is 0.376 e. The number of carboxylic acid groups (broad SMARTS) is 1. The molecule has 26 heavy (non-hydrogen) atoms. The summed E-state index contributed by atoms with van der Waals surface area (Å²) in [6.45, 7) is -0.872. The van der Waals surface area contributed by atoms with Crippen molar-refractivity contribution in [3.8, 4) is 11.1 Å². The molecule has 0 heterocycles. The first-order chi connectivity index (χ1) is 12.5. The number of benzene rings is 2. The van der Waals surface area contributed by atoms with E-state index in [-0.39, 0.29) is 12.5 Å². The van der Waals surface area contributed by atoms with Crippen molar-refractivity contribution < 1.29 is 28.7 Å². The molecule has 0 bridgehead atoms. The average molecular weight is 377 g/mol. The Balaban J connectivity index is 1.70. The Bertz CT molecular complexity index is 785. The van der Waals surface area contributed by atoms with Crippen LogP contribution in [-0.4, -0.2) is 41.1 Å². The molecule has 0 saturated heterocycles. The quantitative estimate of drug-likeness (QED) is 0.641. The predicted octanol–water partition coefficient (Wildman–Crippen LogP) is 3.25. The molecule has 136 valence electrons. The highest BCUT2D eigenvalue weighted by atomic mass is 31.2. The number of ether oxygens (including phenoxy) is 1. The Kier molecular flexibility index (Phi) is 5.61. The fourth-order valence-electron chi connectivity index (χ4n) is 3.01. The van der Waals surface area contributed by atoms with Crippen LogP contribution in [0, 0.1) is 0 Å². The predicted molar refractivity (Wildman–Crippen MR) is 94.7 cm³/mol. The van der Waals surface area contributed by atoms with E-state index >= 15 is 0 Å².